The van der Waals surface area contributed by atoms with Crippen molar-refractivity contribution in [3.8, 4) is 17.2 Å². The number of halogens is 3. The average molecular weight is 324 g/mol. The van der Waals surface area contributed by atoms with E-state index in [4.69, 9.17) is 4.42 Å². The van der Waals surface area contributed by atoms with Crippen LogP contribution in [0.1, 0.15) is 0 Å². The van der Waals surface area contributed by atoms with Crippen LogP contribution in [-0.4, -0.2) is 16.3 Å². The minimum Gasteiger partial charge on any atom is -0.436 e. The van der Waals surface area contributed by atoms with E-state index in [9.17, 15) is 23.3 Å². The number of non-ortho nitro benzene ring substituents is 1. The number of aromatic nitrogens is 1. The number of oxazole rings is 1. The Bertz CT molecular complexity index is 872. The first-order valence-electron chi connectivity index (χ1n) is 6.23. The number of fused-ring (bicyclic) bond motifs is 1. The summed E-state index contributed by atoms with van der Waals surface area (Å²) in [4.78, 5) is 14.3. The van der Waals surface area contributed by atoms with Crippen LogP contribution in [0, 0.1) is 10.1 Å². The Morgan fingerprint density at radius 3 is 2.43 bits per heavy atom. The first kappa shape index (κ1) is 14.8. The molecule has 0 aliphatic heterocycles. The molecule has 0 radical (unpaired) electrons. The number of nitro groups is 1. The van der Waals surface area contributed by atoms with Crippen LogP contribution in [0.3, 0.4) is 0 Å². The van der Waals surface area contributed by atoms with Crippen molar-refractivity contribution >= 4 is 16.8 Å². The van der Waals surface area contributed by atoms with Crippen molar-refractivity contribution in [2.45, 2.75) is 6.36 Å². The van der Waals surface area contributed by atoms with E-state index in [1.54, 1.807) is 0 Å². The highest BCUT2D eigenvalue weighted by atomic mass is 19.4. The van der Waals surface area contributed by atoms with Crippen molar-refractivity contribution in [1.29, 1.82) is 0 Å². The number of benzene rings is 2. The zero-order valence-corrected chi connectivity index (χ0v) is 11.2. The summed E-state index contributed by atoms with van der Waals surface area (Å²) in [7, 11) is 0. The van der Waals surface area contributed by atoms with Gasteiger partial charge in [0, 0.05) is 17.7 Å². The van der Waals surface area contributed by atoms with Crippen LogP contribution in [-0.2, 0) is 0 Å². The molecular weight excluding hydrogens is 317 g/mol. The lowest BCUT2D eigenvalue weighted by molar-refractivity contribution is -0.384. The van der Waals surface area contributed by atoms with Gasteiger partial charge in [-0.25, -0.2) is 4.98 Å². The zero-order chi connectivity index (χ0) is 16.6. The number of nitro benzene ring substituents is 1. The predicted molar refractivity (Wildman–Crippen MR) is 72.8 cm³/mol. The number of rotatable bonds is 3. The molecule has 1 aromatic heterocycles. The van der Waals surface area contributed by atoms with Gasteiger partial charge in [-0.1, -0.05) is 0 Å². The maximum Gasteiger partial charge on any atom is 0.573 e. The molecule has 0 unspecified atom stereocenters. The summed E-state index contributed by atoms with van der Waals surface area (Å²) in [6.07, 6.45) is -4.77. The van der Waals surface area contributed by atoms with E-state index >= 15 is 0 Å². The second kappa shape index (κ2) is 5.27. The molecule has 0 fully saturated rings. The van der Waals surface area contributed by atoms with Crippen LogP contribution in [0.15, 0.2) is 46.9 Å². The highest BCUT2D eigenvalue weighted by molar-refractivity contribution is 5.78. The molecule has 0 bridgehead atoms. The second-order valence-corrected chi connectivity index (χ2v) is 4.50. The molecule has 0 atom stereocenters. The molecule has 118 valence electrons. The second-order valence-electron chi connectivity index (χ2n) is 4.50. The normalized spacial score (nSPS) is 11.6. The van der Waals surface area contributed by atoms with E-state index in [0.29, 0.717) is 11.1 Å². The fourth-order valence-electron chi connectivity index (χ4n) is 1.95. The average Bonchev–Trinajstić information content (AvgIpc) is 2.89. The summed E-state index contributed by atoms with van der Waals surface area (Å²) in [6.45, 7) is 0. The van der Waals surface area contributed by atoms with Crippen LogP contribution < -0.4 is 4.74 Å². The van der Waals surface area contributed by atoms with Gasteiger partial charge in [-0.2, -0.15) is 0 Å². The van der Waals surface area contributed by atoms with Crippen molar-refractivity contribution in [3.05, 3.63) is 52.6 Å². The monoisotopic (exact) mass is 324 g/mol. The van der Waals surface area contributed by atoms with Gasteiger partial charge in [0.25, 0.3) is 5.69 Å². The van der Waals surface area contributed by atoms with Crippen molar-refractivity contribution < 1.29 is 27.2 Å². The molecule has 0 N–H and O–H groups in total. The lowest BCUT2D eigenvalue weighted by atomic mass is 10.2. The van der Waals surface area contributed by atoms with Gasteiger partial charge in [0.2, 0.25) is 5.89 Å². The van der Waals surface area contributed by atoms with E-state index in [-0.39, 0.29) is 22.8 Å². The molecule has 2 aromatic carbocycles. The molecule has 0 amide bonds. The van der Waals surface area contributed by atoms with Gasteiger partial charge in [0.1, 0.15) is 11.3 Å². The van der Waals surface area contributed by atoms with Crippen LogP contribution in [0.4, 0.5) is 18.9 Å². The van der Waals surface area contributed by atoms with E-state index in [0.717, 1.165) is 12.1 Å². The van der Waals surface area contributed by atoms with E-state index in [2.05, 4.69) is 9.72 Å². The van der Waals surface area contributed by atoms with Gasteiger partial charge in [-0.3, -0.25) is 10.1 Å². The third-order valence-electron chi connectivity index (χ3n) is 2.92. The molecule has 0 aliphatic carbocycles. The van der Waals surface area contributed by atoms with Crippen molar-refractivity contribution in [3.63, 3.8) is 0 Å². The number of hydrogen-bond acceptors (Lipinski definition) is 5. The van der Waals surface area contributed by atoms with Gasteiger partial charge < -0.3 is 9.15 Å². The summed E-state index contributed by atoms with van der Waals surface area (Å²) < 4.78 is 45.5. The number of alkyl halides is 3. The van der Waals surface area contributed by atoms with Crippen molar-refractivity contribution in [1.82, 2.24) is 4.98 Å². The Morgan fingerprint density at radius 2 is 1.83 bits per heavy atom. The molecule has 0 saturated carbocycles. The fraction of sp³-hybridized carbons (Fsp3) is 0.0714. The standard InChI is InChI=1S/C14H7F3N2O4/c15-14(16,17)23-10-4-1-8(2-5-10)13-18-11-7-9(19(20)21)3-6-12(11)22-13/h1-7H. The Balaban J connectivity index is 1.92. The summed E-state index contributed by atoms with van der Waals surface area (Å²) in [6, 6.07) is 8.88. The molecule has 9 heteroatoms. The molecule has 1 heterocycles. The van der Waals surface area contributed by atoms with Crippen LogP contribution in [0.25, 0.3) is 22.6 Å². The quantitative estimate of drug-likeness (QED) is 0.530. The Kier molecular flexibility index (Phi) is 3.40. The number of ether oxygens (including phenoxy) is 1. The largest absolute Gasteiger partial charge is 0.573 e. The maximum absolute atomic E-state index is 12.1. The summed E-state index contributed by atoms with van der Waals surface area (Å²) >= 11 is 0. The van der Waals surface area contributed by atoms with Crippen LogP contribution in [0.2, 0.25) is 0 Å². The smallest absolute Gasteiger partial charge is 0.436 e. The molecule has 3 rings (SSSR count). The summed E-state index contributed by atoms with van der Waals surface area (Å²) in [5.74, 6) is -0.230. The zero-order valence-electron chi connectivity index (χ0n) is 11.2. The Labute approximate surface area is 126 Å². The van der Waals surface area contributed by atoms with Crippen molar-refractivity contribution in [2.75, 3.05) is 0 Å². The highest BCUT2D eigenvalue weighted by Crippen LogP contribution is 2.29. The Hall–Kier alpha value is -3.10. The molecule has 23 heavy (non-hydrogen) atoms. The summed E-state index contributed by atoms with van der Waals surface area (Å²) in [5.41, 5.74) is 0.899. The first-order valence-corrected chi connectivity index (χ1v) is 6.23. The van der Waals surface area contributed by atoms with Gasteiger partial charge in [0.05, 0.1) is 4.92 Å². The molecular formula is C14H7F3N2O4. The Morgan fingerprint density at radius 1 is 1.13 bits per heavy atom. The van der Waals surface area contributed by atoms with E-state index < -0.39 is 11.3 Å². The number of hydrogen-bond donors (Lipinski definition) is 0. The third-order valence-corrected chi connectivity index (χ3v) is 2.92. The molecule has 0 saturated heterocycles. The topological polar surface area (TPSA) is 78.4 Å². The fourth-order valence-corrected chi connectivity index (χ4v) is 1.95. The molecule has 0 aliphatic rings. The van der Waals surface area contributed by atoms with Crippen molar-refractivity contribution in [2.24, 2.45) is 0 Å². The minimum atomic E-state index is -4.77. The maximum atomic E-state index is 12.1. The number of nitrogens with zero attached hydrogens (tertiary/aromatic N) is 2. The first-order chi connectivity index (χ1) is 10.8. The minimum absolute atomic E-state index is 0.133. The van der Waals surface area contributed by atoms with E-state index in [1.165, 1.54) is 30.3 Å². The SMILES string of the molecule is O=[N+]([O-])c1ccc2oc(-c3ccc(OC(F)(F)F)cc3)nc2c1. The van der Waals surface area contributed by atoms with Gasteiger partial charge in [-0.15, -0.1) is 13.2 Å². The highest BCUT2D eigenvalue weighted by Gasteiger charge is 2.31. The predicted octanol–water partition coefficient (Wildman–Crippen LogP) is 4.30. The van der Waals surface area contributed by atoms with E-state index in [1.807, 2.05) is 0 Å². The van der Waals surface area contributed by atoms with Crippen LogP contribution >= 0.6 is 0 Å². The molecule has 0 spiro atoms. The summed E-state index contributed by atoms with van der Waals surface area (Å²) in [5, 5.41) is 10.7. The van der Waals surface area contributed by atoms with Gasteiger partial charge in [-0.05, 0) is 30.3 Å². The van der Waals surface area contributed by atoms with Gasteiger partial charge in [0.15, 0.2) is 5.58 Å². The lowest BCUT2D eigenvalue weighted by Crippen LogP contribution is -2.16. The van der Waals surface area contributed by atoms with Gasteiger partial charge >= 0.3 is 6.36 Å². The third kappa shape index (κ3) is 3.23. The molecule has 6 nitrogen and oxygen atoms in total. The lowest BCUT2D eigenvalue weighted by Gasteiger charge is -2.08. The molecule has 3 aromatic rings. The van der Waals surface area contributed by atoms with Crippen LogP contribution in [0.5, 0.6) is 5.75 Å².